The van der Waals surface area contributed by atoms with Gasteiger partial charge in [-0.25, -0.2) is 9.78 Å². The number of fused-ring (bicyclic) bond motifs is 1. The fraction of sp³-hybridized carbons (Fsp3) is 0.0588. The van der Waals surface area contributed by atoms with Crippen LogP contribution in [0.1, 0.15) is 9.67 Å². The molecule has 3 N–H and O–H groups in total. The number of carboxylic acid groups (broad SMARTS) is 1. The van der Waals surface area contributed by atoms with Crippen LogP contribution in [0.3, 0.4) is 0 Å². The Kier molecular flexibility index (Phi) is 5.94. The Labute approximate surface area is 168 Å². The number of aromatic amines is 1. The van der Waals surface area contributed by atoms with Crippen molar-refractivity contribution in [1.29, 1.82) is 0 Å². The average molecular weight is 440 g/mol. The van der Waals surface area contributed by atoms with Crippen LogP contribution in [0, 0.1) is 0 Å². The van der Waals surface area contributed by atoms with E-state index >= 15 is 0 Å². The maximum atomic E-state index is 12.3. The van der Waals surface area contributed by atoms with Gasteiger partial charge in [0.1, 0.15) is 0 Å². The minimum atomic E-state index is -5.08. The lowest BCUT2D eigenvalue weighted by atomic mass is 10.3. The van der Waals surface area contributed by atoms with Gasteiger partial charge in [-0.05, 0) is 24.3 Å². The summed E-state index contributed by atoms with van der Waals surface area (Å²) in [4.78, 5) is 27.3. The second-order valence-corrected chi connectivity index (χ2v) is 7.51. The molecule has 29 heavy (non-hydrogen) atoms. The lowest BCUT2D eigenvalue weighted by Crippen LogP contribution is -2.21. The molecule has 1 amide bonds. The molecule has 4 rings (SSSR count). The number of benzene rings is 1. The summed E-state index contributed by atoms with van der Waals surface area (Å²) < 4.78 is 32.8. The van der Waals surface area contributed by atoms with Crippen molar-refractivity contribution >= 4 is 49.9 Å². The molecule has 0 unspecified atom stereocenters. The van der Waals surface area contributed by atoms with Crippen LogP contribution < -0.4 is 5.32 Å². The van der Waals surface area contributed by atoms with Gasteiger partial charge in [-0.2, -0.15) is 18.3 Å². The number of carbonyl (C=O) groups excluding carboxylic acids is 1. The second kappa shape index (κ2) is 8.41. The number of carbonyl (C=O) groups is 2. The minimum Gasteiger partial charge on any atom is -0.475 e. The number of anilines is 1. The summed E-state index contributed by atoms with van der Waals surface area (Å²) >= 11 is 2.90. The first kappa shape index (κ1) is 20.5. The fourth-order valence-corrected chi connectivity index (χ4v) is 3.83. The first-order valence-electron chi connectivity index (χ1n) is 7.80. The molecule has 12 heteroatoms. The maximum Gasteiger partial charge on any atom is 0.490 e. The van der Waals surface area contributed by atoms with Crippen molar-refractivity contribution in [3.05, 3.63) is 53.7 Å². The van der Waals surface area contributed by atoms with Crippen molar-refractivity contribution in [2.24, 2.45) is 0 Å². The Morgan fingerprint density at radius 3 is 2.45 bits per heavy atom. The Balaban J connectivity index is 0.000000298. The average Bonchev–Trinajstić information content (AvgIpc) is 3.40. The third-order valence-electron chi connectivity index (χ3n) is 3.37. The zero-order valence-corrected chi connectivity index (χ0v) is 15.9. The molecular formula is C17H11F3N4O3S2. The van der Waals surface area contributed by atoms with Crippen LogP contribution in [0.5, 0.6) is 0 Å². The number of nitrogens with one attached hydrogen (secondary N) is 2. The molecule has 0 atom stereocenters. The molecule has 0 aliphatic heterocycles. The van der Waals surface area contributed by atoms with E-state index < -0.39 is 12.1 Å². The number of aliphatic carboxylic acids is 1. The number of aromatic nitrogens is 3. The van der Waals surface area contributed by atoms with E-state index in [-0.39, 0.29) is 5.91 Å². The normalized spacial score (nSPS) is 11.0. The number of carboxylic acids is 1. The van der Waals surface area contributed by atoms with Crippen molar-refractivity contribution in [3.8, 4) is 10.4 Å². The Hall–Kier alpha value is -3.25. The van der Waals surface area contributed by atoms with E-state index in [0.29, 0.717) is 10.0 Å². The van der Waals surface area contributed by atoms with Crippen LogP contribution in [-0.2, 0) is 4.79 Å². The van der Waals surface area contributed by atoms with Gasteiger partial charge >= 0.3 is 12.1 Å². The number of hydrogen-bond donors (Lipinski definition) is 3. The van der Waals surface area contributed by atoms with E-state index in [1.54, 1.807) is 12.4 Å². The molecular weight excluding hydrogens is 429 g/mol. The molecule has 4 aromatic rings. The largest absolute Gasteiger partial charge is 0.490 e. The molecule has 0 bridgehead atoms. The molecule has 7 nitrogen and oxygen atoms in total. The quantitative estimate of drug-likeness (QED) is 0.430. The van der Waals surface area contributed by atoms with Crippen molar-refractivity contribution < 1.29 is 27.9 Å². The molecule has 1 aromatic carbocycles. The third kappa shape index (κ3) is 5.18. The number of nitrogens with zero attached hydrogens (tertiary/aromatic N) is 2. The molecule has 3 aromatic heterocycles. The van der Waals surface area contributed by atoms with E-state index in [4.69, 9.17) is 9.90 Å². The number of thiazole rings is 1. The zero-order chi connectivity index (χ0) is 21.0. The number of thiophene rings is 1. The van der Waals surface area contributed by atoms with Crippen molar-refractivity contribution in [2.45, 2.75) is 6.18 Å². The van der Waals surface area contributed by atoms with Crippen molar-refractivity contribution in [3.63, 3.8) is 0 Å². The third-order valence-corrected chi connectivity index (χ3v) is 5.45. The van der Waals surface area contributed by atoms with Gasteiger partial charge in [-0.1, -0.05) is 23.5 Å². The SMILES string of the molecule is O=C(Nc1nc2ccccc2s1)c1ccc(-c2cn[nH]c2)s1.O=C(O)C(F)(F)F. The van der Waals surface area contributed by atoms with E-state index in [1.165, 1.54) is 22.7 Å². The first-order chi connectivity index (χ1) is 13.7. The zero-order valence-electron chi connectivity index (χ0n) is 14.2. The molecule has 0 fully saturated rings. The number of H-pyrrole nitrogens is 1. The topological polar surface area (TPSA) is 108 Å². The minimum absolute atomic E-state index is 0.140. The summed E-state index contributed by atoms with van der Waals surface area (Å²) in [6, 6.07) is 11.6. The van der Waals surface area contributed by atoms with E-state index in [0.717, 1.165) is 20.7 Å². The highest BCUT2D eigenvalue weighted by Crippen LogP contribution is 2.29. The van der Waals surface area contributed by atoms with Crippen LogP contribution in [0.15, 0.2) is 48.8 Å². The number of para-hydroxylation sites is 1. The van der Waals surface area contributed by atoms with Gasteiger partial charge in [0.05, 0.1) is 21.3 Å². The number of amides is 1. The second-order valence-electron chi connectivity index (χ2n) is 5.39. The number of halogens is 3. The first-order valence-corrected chi connectivity index (χ1v) is 9.43. The summed E-state index contributed by atoms with van der Waals surface area (Å²) in [6.45, 7) is 0. The molecule has 0 radical (unpaired) electrons. The van der Waals surface area contributed by atoms with Crippen LogP contribution in [0.4, 0.5) is 18.3 Å². The van der Waals surface area contributed by atoms with Gasteiger partial charge in [0.15, 0.2) is 5.13 Å². The molecule has 0 saturated carbocycles. The highest BCUT2D eigenvalue weighted by molar-refractivity contribution is 7.22. The van der Waals surface area contributed by atoms with E-state index in [9.17, 15) is 18.0 Å². The van der Waals surface area contributed by atoms with Crippen LogP contribution in [-0.4, -0.2) is 38.3 Å². The van der Waals surface area contributed by atoms with E-state index in [1.807, 2.05) is 36.4 Å². The number of rotatable bonds is 3. The lowest BCUT2D eigenvalue weighted by Gasteiger charge is -1.97. The summed E-state index contributed by atoms with van der Waals surface area (Å²) in [7, 11) is 0. The van der Waals surface area contributed by atoms with Gasteiger partial charge in [-0.3, -0.25) is 15.2 Å². The Bertz CT molecular complexity index is 1100. The van der Waals surface area contributed by atoms with Gasteiger partial charge in [0.25, 0.3) is 5.91 Å². The molecule has 0 aliphatic rings. The standard InChI is InChI=1S/C15H10N4OS2.C2HF3O2/c20-14(13-6-5-11(21-13)9-7-16-17-8-9)19-15-18-10-3-1-2-4-12(10)22-15;3-2(4,5)1(6)7/h1-8H,(H,16,17)(H,18,19,20);(H,6,7). The van der Waals surface area contributed by atoms with Crippen molar-refractivity contribution in [1.82, 2.24) is 15.2 Å². The monoisotopic (exact) mass is 440 g/mol. The van der Waals surface area contributed by atoms with Gasteiger partial charge in [0.2, 0.25) is 0 Å². The number of alkyl halides is 3. The summed E-state index contributed by atoms with van der Waals surface area (Å²) in [5.41, 5.74) is 1.87. The predicted molar refractivity (Wildman–Crippen MR) is 103 cm³/mol. The highest BCUT2D eigenvalue weighted by Gasteiger charge is 2.38. The lowest BCUT2D eigenvalue weighted by molar-refractivity contribution is -0.192. The fourth-order valence-electron chi connectivity index (χ4n) is 2.09. The molecule has 0 saturated heterocycles. The van der Waals surface area contributed by atoms with Gasteiger partial charge in [0, 0.05) is 16.6 Å². The van der Waals surface area contributed by atoms with Gasteiger partial charge in [-0.15, -0.1) is 11.3 Å². The molecule has 0 aliphatic carbocycles. The predicted octanol–water partition coefficient (Wildman–Crippen LogP) is 4.63. The Morgan fingerprint density at radius 1 is 1.10 bits per heavy atom. The maximum absolute atomic E-state index is 12.3. The summed E-state index contributed by atoms with van der Waals surface area (Å²) in [5.74, 6) is -2.90. The highest BCUT2D eigenvalue weighted by atomic mass is 32.1. The number of hydrogen-bond acceptors (Lipinski definition) is 6. The molecule has 0 spiro atoms. The smallest absolute Gasteiger partial charge is 0.475 e. The molecule has 3 heterocycles. The molecule has 150 valence electrons. The van der Waals surface area contributed by atoms with Crippen LogP contribution >= 0.6 is 22.7 Å². The van der Waals surface area contributed by atoms with Crippen molar-refractivity contribution in [2.75, 3.05) is 5.32 Å². The summed E-state index contributed by atoms with van der Waals surface area (Å²) in [5, 5.41) is 17.3. The van der Waals surface area contributed by atoms with Gasteiger partial charge < -0.3 is 5.11 Å². The summed E-state index contributed by atoms with van der Waals surface area (Å²) in [6.07, 6.45) is -1.54. The Morgan fingerprint density at radius 2 is 1.83 bits per heavy atom. The van der Waals surface area contributed by atoms with Crippen LogP contribution in [0.2, 0.25) is 0 Å². The van der Waals surface area contributed by atoms with Crippen LogP contribution in [0.25, 0.3) is 20.7 Å². The van der Waals surface area contributed by atoms with E-state index in [2.05, 4.69) is 20.5 Å².